The van der Waals surface area contributed by atoms with Gasteiger partial charge in [0.1, 0.15) is 30.3 Å². The Kier molecular flexibility index (Phi) is 5.44. The summed E-state index contributed by atoms with van der Waals surface area (Å²) in [5.41, 5.74) is 4.37. The third kappa shape index (κ3) is 4.26. The number of benzene rings is 2. The van der Waals surface area contributed by atoms with E-state index in [0.717, 1.165) is 39.3 Å². The first-order valence-corrected chi connectivity index (χ1v) is 10.4. The van der Waals surface area contributed by atoms with Crippen LogP contribution >= 0.6 is 11.6 Å². The van der Waals surface area contributed by atoms with Crippen molar-refractivity contribution in [3.05, 3.63) is 95.7 Å². The van der Waals surface area contributed by atoms with Gasteiger partial charge in [0.15, 0.2) is 0 Å². The minimum atomic E-state index is 0.347. The standard InChI is InChI=1S/C25H19ClN4O2/c1-16-4-2-5-19(29-16)14-32-24-10-8-18(13-21(24)26)30-25-20-12-17(23-6-3-11-31-23)7-9-22(20)27-15-28-25/h2-13,15H,14H2,1H3,(H,27,28,30). The molecule has 0 aliphatic rings. The number of nitrogens with one attached hydrogen (secondary N) is 1. The Hall–Kier alpha value is -3.90. The highest BCUT2D eigenvalue weighted by atomic mass is 35.5. The maximum Gasteiger partial charge on any atom is 0.141 e. The molecular weight excluding hydrogens is 424 g/mol. The van der Waals surface area contributed by atoms with E-state index in [1.807, 2.05) is 73.7 Å². The van der Waals surface area contributed by atoms with Gasteiger partial charge in [-0.2, -0.15) is 0 Å². The van der Waals surface area contributed by atoms with Crippen LogP contribution in [-0.4, -0.2) is 15.0 Å². The number of pyridine rings is 1. The Labute approximate surface area is 189 Å². The molecule has 0 unspecified atom stereocenters. The largest absolute Gasteiger partial charge is 0.486 e. The monoisotopic (exact) mass is 442 g/mol. The van der Waals surface area contributed by atoms with Gasteiger partial charge in [-0.25, -0.2) is 9.97 Å². The summed E-state index contributed by atoms with van der Waals surface area (Å²) in [5, 5.41) is 4.71. The molecule has 0 aliphatic heterocycles. The first kappa shape index (κ1) is 20.0. The molecule has 0 aliphatic carbocycles. The molecule has 2 aromatic carbocycles. The lowest BCUT2D eigenvalue weighted by Gasteiger charge is -2.12. The van der Waals surface area contributed by atoms with Crippen molar-refractivity contribution in [3.8, 4) is 17.1 Å². The second kappa shape index (κ2) is 8.69. The molecule has 158 valence electrons. The SMILES string of the molecule is Cc1cccc(COc2ccc(Nc3ncnc4ccc(-c5ccco5)cc34)cc2Cl)n1. The van der Waals surface area contributed by atoms with Gasteiger partial charge in [0.2, 0.25) is 0 Å². The molecule has 5 aromatic rings. The van der Waals surface area contributed by atoms with E-state index < -0.39 is 0 Å². The van der Waals surface area contributed by atoms with Gasteiger partial charge >= 0.3 is 0 Å². The van der Waals surface area contributed by atoms with Crippen LogP contribution in [0.2, 0.25) is 5.02 Å². The number of fused-ring (bicyclic) bond motifs is 1. The Morgan fingerprint density at radius 2 is 1.94 bits per heavy atom. The van der Waals surface area contributed by atoms with Gasteiger partial charge in [-0.3, -0.25) is 4.98 Å². The summed E-state index contributed by atoms with van der Waals surface area (Å²) in [4.78, 5) is 13.2. The third-order valence-electron chi connectivity index (χ3n) is 4.96. The number of halogens is 1. The first-order chi connectivity index (χ1) is 15.7. The van der Waals surface area contributed by atoms with Crippen LogP contribution in [0.25, 0.3) is 22.2 Å². The van der Waals surface area contributed by atoms with Crippen molar-refractivity contribution in [2.45, 2.75) is 13.5 Å². The van der Waals surface area contributed by atoms with Crippen molar-refractivity contribution in [1.82, 2.24) is 15.0 Å². The summed E-state index contributed by atoms with van der Waals surface area (Å²) < 4.78 is 11.4. The van der Waals surface area contributed by atoms with Crippen molar-refractivity contribution in [3.63, 3.8) is 0 Å². The smallest absolute Gasteiger partial charge is 0.141 e. The van der Waals surface area contributed by atoms with E-state index in [-0.39, 0.29) is 0 Å². The Morgan fingerprint density at radius 3 is 2.75 bits per heavy atom. The lowest BCUT2D eigenvalue weighted by Crippen LogP contribution is -2.00. The fourth-order valence-corrected chi connectivity index (χ4v) is 3.65. The third-order valence-corrected chi connectivity index (χ3v) is 5.25. The first-order valence-electron chi connectivity index (χ1n) is 10.1. The lowest BCUT2D eigenvalue weighted by molar-refractivity contribution is 0.301. The van der Waals surface area contributed by atoms with Crippen LogP contribution in [0.15, 0.2) is 83.7 Å². The second-order valence-electron chi connectivity index (χ2n) is 7.26. The van der Waals surface area contributed by atoms with E-state index in [2.05, 4.69) is 20.3 Å². The van der Waals surface area contributed by atoms with E-state index in [1.54, 1.807) is 6.26 Å². The molecule has 0 spiro atoms. The number of hydrogen-bond acceptors (Lipinski definition) is 6. The van der Waals surface area contributed by atoms with Crippen LogP contribution in [0.3, 0.4) is 0 Å². The minimum Gasteiger partial charge on any atom is -0.486 e. The molecule has 0 amide bonds. The average Bonchev–Trinajstić information content (AvgIpc) is 3.34. The predicted octanol–water partition coefficient (Wildman–Crippen LogP) is 6.57. The van der Waals surface area contributed by atoms with Gasteiger partial charge in [-0.05, 0) is 67.6 Å². The number of hydrogen-bond donors (Lipinski definition) is 1. The number of ether oxygens (including phenoxy) is 1. The Morgan fingerprint density at radius 1 is 1.00 bits per heavy atom. The fourth-order valence-electron chi connectivity index (χ4n) is 3.42. The highest BCUT2D eigenvalue weighted by Crippen LogP contribution is 2.32. The Bertz CT molecular complexity index is 1390. The quantitative estimate of drug-likeness (QED) is 0.320. The molecule has 7 heteroatoms. The van der Waals surface area contributed by atoms with Crippen molar-refractivity contribution < 1.29 is 9.15 Å². The van der Waals surface area contributed by atoms with E-state index in [1.165, 1.54) is 6.33 Å². The van der Waals surface area contributed by atoms with Gasteiger partial charge in [-0.1, -0.05) is 17.7 Å². The molecule has 1 N–H and O–H groups in total. The summed E-state index contributed by atoms with van der Waals surface area (Å²) in [7, 11) is 0. The number of aryl methyl sites for hydroxylation is 1. The molecule has 0 saturated heterocycles. The van der Waals surface area contributed by atoms with Gasteiger partial charge in [0, 0.05) is 22.3 Å². The number of furan rings is 1. The summed E-state index contributed by atoms with van der Waals surface area (Å²) >= 11 is 6.47. The molecule has 0 fully saturated rings. The summed E-state index contributed by atoms with van der Waals surface area (Å²) in [5.74, 6) is 2.06. The maximum absolute atomic E-state index is 6.47. The van der Waals surface area contributed by atoms with E-state index in [0.29, 0.717) is 23.2 Å². The van der Waals surface area contributed by atoms with Crippen molar-refractivity contribution in [2.24, 2.45) is 0 Å². The van der Waals surface area contributed by atoms with E-state index in [4.69, 9.17) is 20.8 Å². The van der Waals surface area contributed by atoms with Gasteiger partial charge in [0.25, 0.3) is 0 Å². The fraction of sp³-hybridized carbons (Fsp3) is 0.0800. The molecule has 3 heterocycles. The van der Waals surface area contributed by atoms with Gasteiger partial charge in [-0.15, -0.1) is 0 Å². The highest BCUT2D eigenvalue weighted by molar-refractivity contribution is 6.32. The summed E-state index contributed by atoms with van der Waals surface area (Å²) in [6.07, 6.45) is 3.19. The topological polar surface area (TPSA) is 73.1 Å². The van der Waals surface area contributed by atoms with Crippen LogP contribution in [0, 0.1) is 6.92 Å². The normalized spacial score (nSPS) is 10.9. The van der Waals surface area contributed by atoms with E-state index in [9.17, 15) is 0 Å². The van der Waals surface area contributed by atoms with Crippen LogP contribution in [0.4, 0.5) is 11.5 Å². The van der Waals surface area contributed by atoms with Crippen LogP contribution in [-0.2, 0) is 6.61 Å². The predicted molar refractivity (Wildman–Crippen MR) is 125 cm³/mol. The molecule has 0 atom stereocenters. The maximum atomic E-state index is 6.47. The summed E-state index contributed by atoms with van der Waals surface area (Å²) in [6, 6.07) is 21.1. The second-order valence-corrected chi connectivity index (χ2v) is 7.67. The molecule has 0 radical (unpaired) electrons. The summed E-state index contributed by atoms with van der Waals surface area (Å²) in [6.45, 7) is 2.30. The van der Waals surface area contributed by atoms with Crippen molar-refractivity contribution >= 4 is 34.0 Å². The van der Waals surface area contributed by atoms with Crippen molar-refractivity contribution in [1.29, 1.82) is 0 Å². The van der Waals surface area contributed by atoms with Crippen LogP contribution in [0.1, 0.15) is 11.4 Å². The number of nitrogens with zero attached hydrogens (tertiary/aromatic N) is 3. The molecule has 32 heavy (non-hydrogen) atoms. The van der Waals surface area contributed by atoms with E-state index >= 15 is 0 Å². The molecule has 0 saturated carbocycles. The lowest BCUT2D eigenvalue weighted by atomic mass is 10.1. The van der Waals surface area contributed by atoms with Gasteiger partial charge in [0.05, 0.1) is 22.5 Å². The Balaban J connectivity index is 1.38. The van der Waals surface area contributed by atoms with Crippen molar-refractivity contribution in [2.75, 3.05) is 5.32 Å². The minimum absolute atomic E-state index is 0.347. The zero-order chi connectivity index (χ0) is 21.9. The molecular formula is C25H19ClN4O2. The molecule has 5 rings (SSSR count). The highest BCUT2D eigenvalue weighted by Gasteiger charge is 2.10. The number of rotatable bonds is 6. The molecule has 6 nitrogen and oxygen atoms in total. The zero-order valence-electron chi connectivity index (χ0n) is 17.2. The average molecular weight is 443 g/mol. The molecule has 0 bridgehead atoms. The van der Waals surface area contributed by atoms with Crippen LogP contribution in [0.5, 0.6) is 5.75 Å². The number of anilines is 2. The van der Waals surface area contributed by atoms with Crippen LogP contribution < -0.4 is 10.1 Å². The zero-order valence-corrected chi connectivity index (χ0v) is 18.0. The molecule has 3 aromatic heterocycles. The van der Waals surface area contributed by atoms with Gasteiger partial charge < -0.3 is 14.5 Å². The number of aromatic nitrogens is 3.